The van der Waals surface area contributed by atoms with Crippen LogP contribution >= 0.6 is 0 Å². The van der Waals surface area contributed by atoms with Crippen LogP contribution in [0, 0.1) is 23.5 Å². The van der Waals surface area contributed by atoms with Crippen molar-refractivity contribution in [2.45, 2.75) is 6.61 Å². The van der Waals surface area contributed by atoms with E-state index >= 15 is 0 Å². The van der Waals surface area contributed by atoms with E-state index in [2.05, 4.69) is 11.8 Å². The van der Waals surface area contributed by atoms with Gasteiger partial charge in [-0.25, -0.2) is 4.39 Å². The highest BCUT2D eigenvalue weighted by atomic mass is 19.2. The average molecular weight is 274 g/mol. The molecule has 0 saturated carbocycles. The van der Waals surface area contributed by atoms with Crippen LogP contribution in [-0.4, -0.2) is 11.7 Å². The van der Waals surface area contributed by atoms with Gasteiger partial charge in [0.25, 0.3) is 0 Å². The van der Waals surface area contributed by atoms with E-state index < -0.39 is 11.6 Å². The Bertz CT molecular complexity index is 640. The summed E-state index contributed by atoms with van der Waals surface area (Å²) >= 11 is 0. The molecule has 20 heavy (non-hydrogen) atoms. The first-order valence-corrected chi connectivity index (χ1v) is 5.96. The topological polar surface area (TPSA) is 29.5 Å². The number of hydrogen-bond acceptors (Lipinski definition) is 2. The molecular formula is C16H12F2O2. The molecule has 0 atom stereocenters. The van der Waals surface area contributed by atoms with Crippen molar-refractivity contribution < 1.29 is 18.6 Å². The van der Waals surface area contributed by atoms with Crippen LogP contribution in [0.2, 0.25) is 0 Å². The summed E-state index contributed by atoms with van der Waals surface area (Å²) < 4.78 is 31.6. The van der Waals surface area contributed by atoms with Gasteiger partial charge in [-0.05, 0) is 29.8 Å². The summed E-state index contributed by atoms with van der Waals surface area (Å²) in [5, 5.41) is 8.58. The van der Waals surface area contributed by atoms with E-state index in [4.69, 9.17) is 9.84 Å². The molecule has 0 fully saturated rings. The summed E-state index contributed by atoms with van der Waals surface area (Å²) in [5.41, 5.74) is 1.57. The van der Waals surface area contributed by atoms with Gasteiger partial charge >= 0.3 is 0 Å². The van der Waals surface area contributed by atoms with E-state index in [-0.39, 0.29) is 19.0 Å². The SMILES string of the molecule is OCC#Cc1ccc(COc2cccc(F)c2F)cc1. The Hall–Kier alpha value is -2.38. The molecule has 0 radical (unpaired) electrons. The molecule has 2 rings (SSSR count). The first kappa shape index (κ1) is 14.0. The Morgan fingerprint density at radius 3 is 2.50 bits per heavy atom. The van der Waals surface area contributed by atoms with Crippen LogP contribution in [0.25, 0.3) is 0 Å². The van der Waals surface area contributed by atoms with Crippen molar-refractivity contribution in [2.24, 2.45) is 0 Å². The van der Waals surface area contributed by atoms with Crippen molar-refractivity contribution >= 4 is 0 Å². The number of benzene rings is 2. The van der Waals surface area contributed by atoms with Crippen LogP contribution in [0.3, 0.4) is 0 Å². The lowest BCUT2D eigenvalue weighted by Gasteiger charge is -2.07. The largest absolute Gasteiger partial charge is 0.486 e. The number of halogens is 2. The lowest BCUT2D eigenvalue weighted by Crippen LogP contribution is -1.98. The second kappa shape index (κ2) is 6.69. The standard InChI is InChI=1S/C16H12F2O2/c17-14-4-1-5-15(16(14)18)20-11-13-8-6-12(7-9-13)3-2-10-19/h1,4-9,19H,10-11H2. The Kier molecular flexibility index (Phi) is 4.70. The third-order valence-electron chi connectivity index (χ3n) is 2.58. The molecule has 0 spiro atoms. The lowest BCUT2D eigenvalue weighted by molar-refractivity contribution is 0.284. The van der Waals surface area contributed by atoms with Crippen LogP contribution in [-0.2, 0) is 6.61 Å². The Balaban J connectivity index is 2.02. The summed E-state index contributed by atoms with van der Waals surface area (Å²) in [6.45, 7) is -0.0577. The van der Waals surface area contributed by atoms with Crippen LogP contribution in [0.1, 0.15) is 11.1 Å². The highest BCUT2D eigenvalue weighted by Gasteiger charge is 2.08. The van der Waals surface area contributed by atoms with Crippen molar-refractivity contribution in [3.63, 3.8) is 0 Å². The van der Waals surface area contributed by atoms with Gasteiger partial charge in [0.2, 0.25) is 5.82 Å². The molecule has 4 heteroatoms. The molecule has 0 aliphatic carbocycles. The fourth-order valence-corrected chi connectivity index (χ4v) is 1.58. The molecule has 2 nitrogen and oxygen atoms in total. The molecular weight excluding hydrogens is 262 g/mol. The van der Waals surface area contributed by atoms with Gasteiger partial charge in [-0.1, -0.05) is 30.0 Å². The van der Waals surface area contributed by atoms with Crippen molar-refractivity contribution in [1.29, 1.82) is 0 Å². The van der Waals surface area contributed by atoms with Crippen molar-refractivity contribution in [3.05, 3.63) is 65.2 Å². The predicted octanol–water partition coefficient (Wildman–Crippen LogP) is 2.89. The molecule has 0 amide bonds. The van der Waals surface area contributed by atoms with Crippen LogP contribution in [0.5, 0.6) is 5.75 Å². The number of ether oxygens (including phenoxy) is 1. The summed E-state index contributed by atoms with van der Waals surface area (Å²) in [7, 11) is 0. The normalized spacial score (nSPS) is 9.75. The van der Waals surface area contributed by atoms with E-state index in [0.29, 0.717) is 0 Å². The Labute approximate surface area is 115 Å². The summed E-state index contributed by atoms with van der Waals surface area (Å²) in [6.07, 6.45) is 0. The zero-order chi connectivity index (χ0) is 14.4. The molecule has 2 aromatic carbocycles. The molecule has 2 aromatic rings. The molecule has 0 aliphatic heterocycles. The van der Waals surface area contributed by atoms with Gasteiger partial charge in [-0.2, -0.15) is 4.39 Å². The quantitative estimate of drug-likeness (QED) is 0.872. The summed E-state index contributed by atoms with van der Waals surface area (Å²) in [4.78, 5) is 0. The highest BCUT2D eigenvalue weighted by molar-refractivity contribution is 5.36. The minimum absolute atomic E-state index is 0.117. The van der Waals surface area contributed by atoms with Crippen molar-refractivity contribution in [3.8, 4) is 17.6 Å². The summed E-state index contributed by atoms with van der Waals surface area (Å²) in [6, 6.07) is 10.9. The third kappa shape index (κ3) is 3.56. The molecule has 0 heterocycles. The number of aliphatic hydroxyl groups excluding tert-OH is 1. The Morgan fingerprint density at radius 2 is 1.80 bits per heavy atom. The Morgan fingerprint density at radius 1 is 1.05 bits per heavy atom. The summed E-state index contributed by atoms with van der Waals surface area (Å²) in [5.74, 6) is 3.26. The van der Waals surface area contributed by atoms with Crippen LogP contribution < -0.4 is 4.74 Å². The highest BCUT2D eigenvalue weighted by Crippen LogP contribution is 2.20. The minimum atomic E-state index is -0.988. The minimum Gasteiger partial charge on any atom is -0.486 e. The predicted molar refractivity (Wildman–Crippen MR) is 71.1 cm³/mol. The first-order valence-electron chi connectivity index (χ1n) is 5.96. The van der Waals surface area contributed by atoms with E-state index in [1.54, 1.807) is 24.3 Å². The molecule has 0 unspecified atom stereocenters. The zero-order valence-electron chi connectivity index (χ0n) is 10.6. The first-order chi connectivity index (χ1) is 9.70. The van der Waals surface area contributed by atoms with E-state index in [9.17, 15) is 8.78 Å². The fourth-order valence-electron chi connectivity index (χ4n) is 1.58. The van der Waals surface area contributed by atoms with Gasteiger partial charge in [0.05, 0.1) is 0 Å². The van der Waals surface area contributed by atoms with Gasteiger partial charge < -0.3 is 9.84 Å². The maximum atomic E-state index is 13.4. The number of aliphatic hydroxyl groups is 1. The maximum Gasteiger partial charge on any atom is 0.200 e. The maximum absolute atomic E-state index is 13.4. The molecule has 0 aromatic heterocycles. The second-order valence-electron chi connectivity index (χ2n) is 4.00. The second-order valence-corrected chi connectivity index (χ2v) is 4.00. The van der Waals surface area contributed by atoms with E-state index in [1.165, 1.54) is 12.1 Å². The van der Waals surface area contributed by atoms with Gasteiger partial charge in [-0.3, -0.25) is 0 Å². The van der Waals surface area contributed by atoms with Crippen molar-refractivity contribution in [2.75, 3.05) is 6.61 Å². The molecule has 0 saturated heterocycles. The van der Waals surface area contributed by atoms with Crippen LogP contribution in [0.15, 0.2) is 42.5 Å². The smallest absolute Gasteiger partial charge is 0.200 e. The molecule has 0 aliphatic rings. The molecule has 1 N–H and O–H groups in total. The van der Waals surface area contributed by atoms with E-state index in [1.807, 2.05) is 0 Å². The zero-order valence-corrected chi connectivity index (χ0v) is 10.6. The lowest BCUT2D eigenvalue weighted by atomic mass is 10.1. The van der Waals surface area contributed by atoms with Crippen molar-refractivity contribution in [1.82, 2.24) is 0 Å². The van der Waals surface area contributed by atoms with Gasteiger partial charge in [0.15, 0.2) is 11.6 Å². The van der Waals surface area contributed by atoms with Gasteiger partial charge in [0, 0.05) is 5.56 Å². The van der Waals surface area contributed by atoms with Gasteiger partial charge in [-0.15, -0.1) is 0 Å². The van der Waals surface area contributed by atoms with E-state index in [0.717, 1.165) is 17.2 Å². The average Bonchev–Trinajstić information content (AvgIpc) is 2.48. The fraction of sp³-hybridized carbons (Fsp3) is 0.125. The third-order valence-corrected chi connectivity index (χ3v) is 2.58. The molecule has 102 valence electrons. The number of rotatable bonds is 3. The van der Waals surface area contributed by atoms with Crippen LogP contribution in [0.4, 0.5) is 8.78 Å². The molecule has 0 bridgehead atoms. The monoisotopic (exact) mass is 274 g/mol. The van der Waals surface area contributed by atoms with Gasteiger partial charge in [0.1, 0.15) is 13.2 Å². The number of hydrogen-bond donors (Lipinski definition) is 1.